The van der Waals surface area contributed by atoms with Crippen LogP contribution in [0.1, 0.15) is 26.7 Å². The lowest BCUT2D eigenvalue weighted by molar-refractivity contribution is -0.0945. The van der Waals surface area contributed by atoms with Crippen molar-refractivity contribution in [1.82, 2.24) is 10.2 Å². The standard InChI is InChI=1S/C14H27N3O/c1-5-7-8-9-17(4)13(15-6-2)16-10-14(3)11-18-12-14/h5H,1,6-12H2,2-4H3,(H,15,16). The van der Waals surface area contributed by atoms with E-state index in [1.165, 1.54) is 0 Å². The highest BCUT2D eigenvalue weighted by atomic mass is 16.5. The van der Waals surface area contributed by atoms with Gasteiger partial charge in [-0.2, -0.15) is 0 Å². The molecule has 104 valence electrons. The molecule has 1 aliphatic rings. The van der Waals surface area contributed by atoms with Gasteiger partial charge in [0, 0.05) is 25.6 Å². The Morgan fingerprint density at radius 1 is 1.56 bits per heavy atom. The zero-order chi connectivity index (χ0) is 13.4. The summed E-state index contributed by atoms with van der Waals surface area (Å²) < 4.78 is 5.26. The lowest BCUT2D eigenvalue weighted by Crippen LogP contribution is -2.45. The third-order valence-electron chi connectivity index (χ3n) is 3.11. The molecule has 0 unspecified atom stereocenters. The SMILES string of the molecule is C=CCCCN(C)C(=NCC1(C)COC1)NCC. The molecular formula is C14H27N3O. The van der Waals surface area contributed by atoms with Crippen molar-refractivity contribution < 1.29 is 4.74 Å². The molecule has 0 aromatic heterocycles. The first-order valence-corrected chi connectivity index (χ1v) is 6.79. The van der Waals surface area contributed by atoms with Crippen LogP contribution >= 0.6 is 0 Å². The first-order chi connectivity index (χ1) is 8.61. The number of hydrogen-bond donors (Lipinski definition) is 1. The van der Waals surface area contributed by atoms with Gasteiger partial charge in [-0.15, -0.1) is 6.58 Å². The van der Waals surface area contributed by atoms with Crippen molar-refractivity contribution >= 4 is 5.96 Å². The van der Waals surface area contributed by atoms with Crippen LogP contribution in [0.2, 0.25) is 0 Å². The van der Waals surface area contributed by atoms with Crippen LogP contribution in [-0.2, 0) is 4.74 Å². The van der Waals surface area contributed by atoms with E-state index in [1.807, 2.05) is 6.08 Å². The third-order valence-corrected chi connectivity index (χ3v) is 3.11. The van der Waals surface area contributed by atoms with E-state index in [-0.39, 0.29) is 5.41 Å². The number of nitrogens with one attached hydrogen (secondary N) is 1. The topological polar surface area (TPSA) is 36.9 Å². The first-order valence-electron chi connectivity index (χ1n) is 6.79. The number of ether oxygens (including phenoxy) is 1. The molecule has 1 aliphatic heterocycles. The number of unbranched alkanes of at least 4 members (excludes halogenated alkanes) is 1. The molecule has 0 amide bonds. The van der Waals surface area contributed by atoms with Crippen LogP contribution in [0.3, 0.4) is 0 Å². The van der Waals surface area contributed by atoms with E-state index in [0.29, 0.717) is 0 Å². The van der Waals surface area contributed by atoms with Crippen LogP contribution in [-0.4, -0.2) is 50.8 Å². The molecule has 0 atom stereocenters. The molecule has 1 fully saturated rings. The van der Waals surface area contributed by atoms with Crippen molar-refractivity contribution in [3.63, 3.8) is 0 Å². The summed E-state index contributed by atoms with van der Waals surface area (Å²) in [5.41, 5.74) is 0.239. The monoisotopic (exact) mass is 253 g/mol. The third kappa shape index (κ3) is 4.69. The molecule has 18 heavy (non-hydrogen) atoms. The second kappa shape index (κ2) is 7.41. The van der Waals surface area contributed by atoms with Gasteiger partial charge in [-0.3, -0.25) is 4.99 Å². The Labute approximate surface area is 111 Å². The van der Waals surface area contributed by atoms with E-state index >= 15 is 0 Å². The number of hydrogen-bond acceptors (Lipinski definition) is 2. The molecule has 0 aromatic carbocycles. The Morgan fingerprint density at radius 3 is 2.78 bits per heavy atom. The van der Waals surface area contributed by atoms with Crippen LogP contribution in [0.5, 0.6) is 0 Å². The van der Waals surface area contributed by atoms with Crippen molar-refractivity contribution in [2.24, 2.45) is 10.4 Å². The molecule has 1 N–H and O–H groups in total. The summed E-state index contributed by atoms with van der Waals surface area (Å²) in [4.78, 5) is 6.90. The summed E-state index contributed by atoms with van der Waals surface area (Å²) in [6.45, 7) is 12.5. The average molecular weight is 253 g/mol. The van der Waals surface area contributed by atoms with Gasteiger partial charge in [-0.1, -0.05) is 13.0 Å². The quantitative estimate of drug-likeness (QED) is 0.326. The second-order valence-electron chi connectivity index (χ2n) is 5.33. The van der Waals surface area contributed by atoms with Gasteiger partial charge in [-0.05, 0) is 19.8 Å². The van der Waals surface area contributed by atoms with Gasteiger partial charge in [0.05, 0.1) is 19.8 Å². The van der Waals surface area contributed by atoms with Gasteiger partial charge in [-0.25, -0.2) is 0 Å². The van der Waals surface area contributed by atoms with Crippen molar-refractivity contribution in [3.05, 3.63) is 12.7 Å². The average Bonchev–Trinajstić information content (AvgIpc) is 2.32. The van der Waals surface area contributed by atoms with E-state index in [1.54, 1.807) is 0 Å². The van der Waals surface area contributed by atoms with Crippen LogP contribution < -0.4 is 5.32 Å². The van der Waals surface area contributed by atoms with Crippen molar-refractivity contribution in [2.75, 3.05) is 39.9 Å². The van der Waals surface area contributed by atoms with Crippen molar-refractivity contribution in [2.45, 2.75) is 26.7 Å². The summed E-state index contributed by atoms with van der Waals surface area (Å²) in [6.07, 6.45) is 4.13. The highest BCUT2D eigenvalue weighted by Crippen LogP contribution is 2.26. The number of guanidine groups is 1. The van der Waals surface area contributed by atoms with Gasteiger partial charge in [0.1, 0.15) is 0 Å². The van der Waals surface area contributed by atoms with Crippen LogP contribution in [0, 0.1) is 5.41 Å². The minimum absolute atomic E-state index is 0.239. The fraction of sp³-hybridized carbons (Fsp3) is 0.786. The normalized spacial score (nSPS) is 18.1. The smallest absolute Gasteiger partial charge is 0.193 e. The zero-order valence-electron chi connectivity index (χ0n) is 12.0. The van der Waals surface area contributed by atoms with Crippen molar-refractivity contribution in [3.8, 4) is 0 Å². The van der Waals surface area contributed by atoms with E-state index in [9.17, 15) is 0 Å². The summed E-state index contributed by atoms with van der Waals surface area (Å²) in [7, 11) is 2.09. The van der Waals surface area contributed by atoms with Gasteiger partial charge in [0.15, 0.2) is 5.96 Å². The molecule has 4 heteroatoms. The molecule has 0 spiro atoms. The highest BCUT2D eigenvalue weighted by Gasteiger charge is 2.33. The predicted octanol–water partition coefficient (Wildman–Crippen LogP) is 1.89. The van der Waals surface area contributed by atoms with Gasteiger partial charge in [0.25, 0.3) is 0 Å². The zero-order valence-corrected chi connectivity index (χ0v) is 12.0. The van der Waals surface area contributed by atoms with Gasteiger partial charge < -0.3 is 15.0 Å². The maximum absolute atomic E-state index is 5.26. The summed E-state index contributed by atoms with van der Waals surface area (Å²) in [5, 5.41) is 3.34. The fourth-order valence-electron chi connectivity index (χ4n) is 1.86. The number of allylic oxidation sites excluding steroid dienone is 1. The molecule has 1 heterocycles. The Bertz CT molecular complexity index is 285. The fourth-order valence-corrected chi connectivity index (χ4v) is 1.86. The summed E-state index contributed by atoms with van der Waals surface area (Å²) in [6, 6.07) is 0. The maximum atomic E-state index is 5.26. The minimum Gasteiger partial charge on any atom is -0.380 e. The molecule has 1 rings (SSSR count). The molecule has 1 saturated heterocycles. The molecule has 0 aliphatic carbocycles. The molecule has 0 aromatic rings. The highest BCUT2D eigenvalue weighted by molar-refractivity contribution is 5.79. The van der Waals surface area contributed by atoms with Crippen LogP contribution in [0.25, 0.3) is 0 Å². The van der Waals surface area contributed by atoms with Gasteiger partial charge >= 0.3 is 0 Å². The number of aliphatic imine (C=N–C) groups is 1. The molecule has 0 saturated carbocycles. The first kappa shape index (κ1) is 15.0. The maximum Gasteiger partial charge on any atom is 0.193 e. The lowest BCUT2D eigenvalue weighted by Gasteiger charge is -2.37. The van der Waals surface area contributed by atoms with Crippen molar-refractivity contribution in [1.29, 1.82) is 0 Å². The number of rotatable bonds is 7. The van der Waals surface area contributed by atoms with E-state index in [2.05, 4.69) is 37.7 Å². The van der Waals surface area contributed by atoms with E-state index in [0.717, 1.165) is 51.6 Å². The lowest BCUT2D eigenvalue weighted by atomic mass is 9.89. The largest absolute Gasteiger partial charge is 0.380 e. The summed E-state index contributed by atoms with van der Waals surface area (Å²) in [5.74, 6) is 0.995. The Balaban J connectivity index is 2.45. The second-order valence-corrected chi connectivity index (χ2v) is 5.33. The Morgan fingerprint density at radius 2 is 2.28 bits per heavy atom. The summed E-state index contributed by atoms with van der Waals surface area (Å²) >= 11 is 0. The Kier molecular flexibility index (Phi) is 6.19. The molecule has 4 nitrogen and oxygen atoms in total. The minimum atomic E-state index is 0.239. The van der Waals surface area contributed by atoms with E-state index < -0.39 is 0 Å². The van der Waals surface area contributed by atoms with Crippen LogP contribution in [0.15, 0.2) is 17.6 Å². The van der Waals surface area contributed by atoms with E-state index in [4.69, 9.17) is 9.73 Å². The molecule has 0 radical (unpaired) electrons. The molecule has 0 bridgehead atoms. The molecular weight excluding hydrogens is 226 g/mol. The number of nitrogens with zero attached hydrogens (tertiary/aromatic N) is 2. The van der Waals surface area contributed by atoms with Gasteiger partial charge in [0.2, 0.25) is 0 Å². The van der Waals surface area contributed by atoms with Crippen LogP contribution in [0.4, 0.5) is 0 Å². The predicted molar refractivity (Wildman–Crippen MR) is 77.0 cm³/mol. The Hall–Kier alpha value is -1.03.